The van der Waals surface area contributed by atoms with Gasteiger partial charge in [-0.25, -0.2) is 13.5 Å². The summed E-state index contributed by atoms with van der Waals surface area (Å²) in [5.74, 6) is -0.901. The Kier molecular flexibility index (Phi) is 5.43. The second-order valence-electron chi connectivity index (χ2n) is 9.90. The Morgan fingerprint density at radius 1 is 1.12 bits per heavy atom. The predicted molar refractivity (Wildman–Crippen MR) is 124 cm³/mol. The first kappa shape index (κ1) is 21.5. The molecule has 0 radical (unpaired) electrons. The molecule has 2 aromatic carbocycles. The first-order valence-electron chi connectivity index (χ1n) is 12.0. The molecule has 3 atom stereocenters. The van der Waals surface area contributed by atoms with Gasteiger partial charge in [0.15, 0.2) is 6.23 Å². The van der Waals surface area contributed by atoms with E-state index < -0.39 is 17.6 Å². The average Bonchev–Trinajstić information content (AvgIpc) is 3.50. The van der Waals surface area contributed by atoms with Crippen molar-refractivity contribution in [3.05, 3.63) is 63.8 Å². The molecule has 6 rings (SSSR count). The van der Waals surface area contributed by atoms with E-state index in [1.165, 1.54) is 25.0 Å². The Bertz CT molecular complexity index is 1180. The third kappa shape index (κ3) is 3.76. The number of hydrogen-bond acceptors (Lipinski definition) is 3. The molecule has 1 saturated heterocycles. The van der Waals surface area contributed by atoms with E-state index in [0.29, 0.717) is 5.92 Å². The summed E-state index contributed by atoms with van der Waals surface area (Å²) in [6.07, 6.45) is 8.33. The van der Waals surface area contributed by atoms with Crippen LogP contribution in [0.3, 0.4) is 0 Å². The van der Waals surface area contributed by atoms with Crippen molar-refractivity contribution < 1.29 is 13.5 Å². The highest BCUT2D eigenvalue weighted by Gasteiger charge is 2.41. The van der Waals surface area contributed by atoms with Gasteiger partial charge < -0.3 is 4.74 Å². The Labute approximate surface area is 197 Å². The topological polar surface area (TPSA) is 30.3 Å². The van der Waals surface area contributed by atoms with E-state index in [0.717, 1.165) is 60.9 Å². The lowest BCUT2D eigenvalue weighted by molar-refractivity contribution is -0.0366. The first-order chi connectivity index (χ1) is 16.0. The number of ether oxygens (including phenoxy) is 1. The molecule has 3 heterocycles. The largest absolute Gasteiger partial charge is 0.356 e. The lowest BCUT2D eigenvalue weighted by atomic mass is 9.76. The van der Waals surface area contributed by atoms with Gasteiger partial charge in [-0.05, 0) is 68.0 Å². The van der Waals surface area contributed by atoms with Crippen molar-refractivity contribution in [2.75, 3.05) is 13.7 Å². The Hall–Kier alpha value is -2.02. The van der Waals surface area contributed by atoms with Crippen LogP contribution in [-0.2, 0) is 11.3 Å². The van der Waals surface area contributed by atoms with E-state index in [-0.39, 0.29) is 22.9 Å². The van der Waals surface area contributed by atoms with Gasteiger partial charge in [0.25, 0.3) is 0 Å². The van der Waals surface area contributed by atoms with E-state index in [9.17, 15) is 0 Å². The van der Waals surface area contributed by atoms with Crippen molar-refractivity contribution in [1.29, 1.82) is 0 Å². The summed E-state index contributed by atoms with van der Waals surface area (Å²) in [6.45, 7) is 1.48. The van der Waals surface area contributed by atoms with Crippen molar-refractivity contribution in [2.45, 2.75) is 63.3 Å². The third-order valence-corrected chi connectivity index (χ3v) is 7.90. The van der Waals surface area contributed by atoms with Crippen LogP contribution in [0.4, 0.5) is 8.78 Å². The van der Waals surface area contributed by atoms with Crippen LogP contribution in [0.2, 0.25) is 5.02 Å². The Morgan fingerprint density at radius 3 is 2.61 bits per heavy atom. The van der Waals surface area contributed by atoms with Gasteiger partial charge in [-0.15, -0.1) is 0 Å². The zero-order valence-electron chi connectivity index (χ0n) is 18.7. The molecule has 1 saturated carbocycles. The Balaban J connectivity index is 1.50. The minimum atomic E-state index is -0.571. The number of fused-ring (bicyclic) bond motifs is 3. The van der Waals surface area contributed by atoms with E-state index >= 15 is 8.78 Å². The molecule has 174 valence electrons. The molecule has 0 amide bonds. The molecule has 2 aliphatic heterocycles. The van der Waals surface area contributed by atoms with E-state index in [1.807, 2.05) is 10.9 Å². The minimum Gasteiger partial charge on any atom is -0.356 e. The maximum atomic E-state index is 15.2. The van der Waals surface area contributed by atoms with Gasteiger partial charge in [0.1, 0.15) is 11.6 Å². The normalized spacial score (nSPS) is 26.0. The van der Waals surface area contributed by atoms with Crippen molar-refractivity contribution in [1.82, 2.24) is 14.7 Å². The van der Waals surface area contributed by atoms with Crippen LogP contribution in [0.5, 0.6) is 0 Å². The number of halogens is 3. The highest BCUT2D eigenvalue weighted by Crippen LogP contribution is 2.47. The molecule has 0 spiro atoms. The van der Waals surface area contributed by atoms with Gasteiger partial charge in [0.2, 0.25) is 0 Å². The summed E-state index contributed by atoms with van der Waals surface area (Å²) >= 11 is 5.96. The number of rotatable bonds is 4. The monoisotopic (exact) mass is 471 g/mol. The van der Waals surface area contributed by atoms with Crippen molar-refractivity contribution in [3.63, 3.8) is 0 Å². The molecule has 2 fully saturated rings. The zero-order valence-corrected chi connectivity index (χ0v) is 19.5. The third-order valence-electron chi connectivity index (χ3n) is 7.68. The van der Waals surface area contributed by atoms with Gasteiger partial charge in [0.05, 0.1) is 11.7 Å². The smallest absolute Gasteiger partial charge is 0.150 e. The molecule has 4 nitrogen and oxygen atoms in total. The van der Waals surface area contributed by atoms with Crippen LogP contribution in [0.15, 0.2) is 30.5 Å². The SMILES string of the molecule is CN1Cc2c(ccc3c2cnn3C2CCCCO2)[C@@H](c2c(F)cc(Cl)cc2F)[C@@H]1CC1CC1. The highest BCUT2D eigenvalue weighted by atomic mass is 35.5. The molecular formula is C26H28ClF2N3O. The summed E-state index contributed by atoms with van der Waals surface area (Å²) in [6, 6.07) is 6.62. The van der Waals surface area contributed by atoms with E-state index in [1.54, 1.807) is 0 Å². The molecule has 0 bridgehead atoms. The predicted octanol–water partition coefficient (Wildman–Crippen LogP) is 6.41. The fraction of sp³-hybridized carbons (Fsp3) is 0.500. The summed E-state index contributed by atoms with van der Waals surface area (Å²) in [4.78, 5) is 2.27. The summed E-state index contributed by atoms with van der Waals surface area (Å²) in [5, 5.41) is 5.81. The van der Waals surface area contributed by atoms with Crippen LogP contribution in [0.25, 0.3) is 10.9 Å². The van der Waals surface area contributed by atoms with Crippen LogP contribution in [0.1, 0.15) is 67.4 Å². The average molecular weight is 472 g/mol. The lowest BCUT2D eigenvalue weighted by Gasteiger charge is -2.41. The van der Waals surface area contributed by atoms with Gasteiger partial charge in [0, 0.05) is 41.1 Å². The number of likely N-dealkylation sites (N-methyl/N-ethyl adjacent to an activating group) is 1. The van der Waals surface area contributed by atoms with Gasteiger partial charge in [-0.3, -0.25) is 4.90 Å². The highest BCUT2D eigenvalue weighted by molar-refractivity contribution is 6.30. The minimum absolute atomic E-state index is 0.0318. The Morgan fingerprint density at radius 2 is 1.91 bits per heavy atom. The van der Waals surface area contributed by atoms with Gasteiger partial charge in [-0.1, -0.05) is 30.5 Å². The summed E-state index contributed by atoms with van der Waals surface area (Å²) < 4.78 is 38.4. The fourth-order valence-corrected chi connectivity index (χ4v) is 6.04. The molecule has 3 aliphatic rings. The van der Waals surface area contributed by atoms with Crippen molar-refractivity contribution in [2.24, 2.45) is 5.92 Å². The molecular weight excluding hydrogens is 444 g/mol. The molecule has 1 aromatic heterocycles. The van der Waals surface area contributed by atoms with Crippen LogP contribution >= 0.6 is 11.6 Å². The standard InChI is InChI=1S/C26H28ClF2N3O/c1-31-14-19-17(7-8-22-18(19)13-30-32(22)24-4-2-3-9-33-24)25(23(31)10-15-5-6-15)26-20(28)11-16(27)12-21(26)29/h7-8,11-13,15,23-25H,2-6,9-10,14H2,1H3/t23-,24?,25+/m0/s1. The first-order valence-corrected chi connectivity index (χ1v) is 12.3. The van der Waals surface area contributed by atoms with Crippen molar-refractivity contribution in [3.8, 4) is 0 Å². The molecule has 3 aromatic rings. The number of aromatic nitrogens is 2. The number of nitrogens with zero attached hydrogens (tertiary/aromatic N) is 3. The molecule has 33 heavy (non-hydrogen) atoms. The number of hydrogen-bond donors (Lipinski definition) is 0. The van der Waals surface area contributed by atoms with E-state index in [2.05, 4.69) is 29.2 Å². The van der Waals surface area contributed by atoms with Crippen LogP contribution in [0, 0.1) is 17.6 Å². The maximum absolute atomic E-state index is 15.2. The van der Waals surface area contributed by atoms with Crippen LogP contribution in [-0.4, -0.2) is 34.4 Å². The maximum Gasteiger partial charge on any atom is 0.150 e. The number of benzene rings is 2. The molecule has 0 N–H and O–H groups in total. The second kappa shape index (κ2) is 8.33. The van der Waals surface area contributed by atoms with Gasteiger partial charge >= 0.3 is 0 Å². The molecule has 7 heteroatoms. The molecule has 1 aliphatic carbocycles. The van der Waals surface area contributed by atoms with Gasteiger partial charge in [-0.2, -0.15) is 5.10 Å². The quantitative estimate of drug-likeness (QED) is 0.440. The van der Waals surface area contributed by atoms with Crippen molar-refractivity contribution >= 4 is 22.5 Å². The van der Waals surface area contributed by atoms with Crippen LogP contribution < -0.4 is 0 Å². The fourth-order valence-electron chi connectivity index (χ4n) is 5.85. The molecule has 1 unspecified atom stereocenters. The summed E-state index contributed by atoms with van der Waals surface area (Å²) in [7, 11) is 2.07. The summed E-state index contributed by atoms with van der Waals surface area (Å²) in [5.41, 5.74) is 3.24. The lowest BCUT2D eigenvalue weighted by Crippen LogP contribution is -2.42. The zero-order chi connectivity index (χ0) is 22.7. The van der Waals surface area contributed by atoms with E-state index in [4.69, 9.17) is 16.3 Å². The second-order valence-corrected chi connectivity index (χ2v) is 10.3.